The third-order valence-electron chi connectivity index (χ3n) is 7.00. The normalized spacial score (nSPS) is 15.2. The van der Waals surface area contributed by atoms with Gasteiger partial charge in [-0.25, -0.2) is 4.98 Å². The van der Waals surface area contributed by atoms with Crippen molar-refractivity contribution in [2.75, 3.05) is 22.6 Å². The molecule has 1 aliphatic carbocycles. The molecule has 1 fully saturated rings. The fraction of sp³-hybridized carbons (Fsp3) is 0.333. The lowest BCUT2D eigenvalue weighted by Crippen LogP contribution is -2.23. The van der Waals surface area contributed by atoms with Crippen molar-refractivity contribution in [1.29, 1.82) is 0 Å². The standard InChI is InChI=1S/C30H35F2N7O2/c1-3-40-24-13-11-23(12-14-24)37-28-19(2)27(35-16-20-7-9-22(33)10-8-20)38-29-26(18-36-39(28)29)34-17-21-5-4-6-25(15-21)41-30(31)32/h4-6,11-16,18,22,30,34,37H,3,7-10,17,33H2,1-2H3,(H,35,38). The van der Waals surface area contributed by atoms with Crippen LogP contribution < -0.4 is 31.2 Å². The summed E-state index contributed by atoms with van der Waals surface area (Å²) in [5.74, 6) is 2.36. The molecule has 0 aliphatic heterocycles. The number of nitrogens with zero attached hydrogens (tertiary/aromatic N) is 3. The minimum atomic E-state index is -2.88. The lowest BCUT2D eigenvalue weighted by atomic mass is 9.92. The van der Waals surface area contributed by atoms with Gasteiger partial charge in [0.15, 0.2) is 5.65 Å². The molecule has 2 heterocycles. The fourth-order valence-electron chi connectivity index (χ4n) is 4.78. The molecule has 2 aromatic heterocycles. The van der Waals surface area contributed by atoms with Crippen molar-refractivity contribution in [2.24, 2.45) is 5.73 Å². The van der Waals surface area contributed by atoms with Gasteiger partial charge < -0.3 is 31.2 Å². The highest BCUT2D eigenvalue weighted by Crippen LogP contribution is 2.31. The summed E-state index contributed by atoms with van der Waals surface area (Å²) in [5, 5.41) is 14.9. The Kier molecular flexibility index (Phi) is 8.83. The van der Waals surface area contributed by atoms with E-state index in [1.54, 1.807) is 22.8 Å². The quantitative estimate of drug-likeness (QED) is 0.162. The lowest BCUT2D eigenvalue weighted by molar-refractivity contribution is -0.0498. The molecule has 0 amide bonds. The number of halogens is 2. The Morgan fingerprint density at radius 2 is 1.90 bits per heavy atom. The summed E-state index contributed by atoms with van der Waals surface area (Å²) >= 11 is 0. The van der Waals surface area contributed by atoms with Gasteiger partial charge in [-0.3, -0.25) is 0 Å². The Morgan fingerprint density at radius 3 is 2.63 bits per heavy atom. The van der Waals surface area contributed by atoms with Crippen molar-refractivity contribution < 1.29 is 18.3 Å². The average Bonchev–Trinajstić information content (AvgIpc) is 3.37. The van der Waals surface area contributed by atoms with Crippen LogP contribution in [0.1, 0.15) is 43.7 Å². The van der Waals surface area contributed by atoms with Crippen LogP contribution in [0.25, 0.3) is 5.65 Å². The van der Waals surface area contributed by atoms with Crippen LogP contribution in [-0.4, -0.2) is 33.9 Å². The molecule has 0 unspecified atom stereocenters. The van der Waals surface area contributed by atoms with Gasteiger partial charge in [0, 0.05) is 30.0 Å². The average molecular weight is 564 g/mol. The maximum Gasteiger partial charge on any atom is 0.387 e. The van der Waals surface area contributed by atoms with Gasteiger partial charge in [-0.15, -0.1) is 0 Å². The summed E-state index contributed by atoms with van der Waals surface area (Å²) < 4.78 is 37.2. The van der Waals surface area contributed by atoms with Gasteiger partial charge in [-0.2, -0.15) is 18.4 Å². The van der Waals surface area contributed by atoms with Crippen LogP contribution in [0.4, 0.5) is 31.8 Å². The van der Waals surface area contributed by atoms with Crippen LogP contribution in [0.2, 0.25) is 0 Å². The second-order valence-corrected chi connectivity index (χ2v) is 9.97. The molecule has 11 heteroatoms. The topological polar surface area (TPSA) is 111 Å². The molecule has 2 aromatic carbocycles. The van der Waals surface area contributed by atoms with E-state index in [2.05, 4.69) is 25.8 Å². The third kappa shape index (κ3) is 7.04. The van der Waals surface area contributed by atoms with Crippen molar-refractivity contribution in [3.8, 4) is 11.5 Å². The molecular formula is C30H35F2N7O2. The number of anilines is 4. The van der Waals surface area contributed by atoms with Crippen molar-refractivity contribution in [3.05, 3.63) is 77.6 Å². The number of rotatable bonds is 11. The van der Waals surface area contributed by atoms with E-state index in [-0.39, 0.29) is 11.8 Å². The van der Waals surface area contributed by atoms with Gasteiger partial charge in [-0.05, 0) is 81.5 Å². The molecule has 4 aromatic rings. The zero-order chi connectivity index (χ0) is 28.8. The number of fused-ring (bicyclic) bond motifs is 1. The Hall–Kier alpha value is -4.38. The predicted molar refractivity (Wildman–Crippen MR) is 157 cm³/mol. The molecule has 216 valence electrons. The van der Waals surface area contributed by atoms with E-state index in [0.717, 1.165) is 54.1 Å². The number of allylic oxidation sites excluding steroid dienone is 1. The largest absolute Gasteiger partial charge is 0.494 e. The molecule has 1 saturated carbocycles. The second-order valence-electron chi connectivity index (χ2n) is 9.97. The van der Waals surface area contributed by atoms with E-state index in [1.165, 1.54) is 11.6 Å². The van der Waals surface area contributed by atoms with E-state index in [4.69, 9.17) is 15.5 Å². The molecule has 1 aliphatic rings. The number of nitrogens with two attached hydrogens (primary N) is 1. The number of nitrogens with one attached hydrogen (secondary N) is 3. The van der Waals surface area contributed by atoms with Crippen molar-refractivity contribution in [1.82, 2.24) is 14.6 Å². The fourth-order valence-corrected chi connectivity index (χ4v) is 4.78. The van der Waals surface area contributed by atoms with E-state index in [1.807, 2.05) is 50.4 Å². The first-order valence-corrected chi connectivity index (χ1v) is 13.8. The van der Waals surface area contributed by atoms with Crippen LogP contribution in [0, 0.1) is 6.92 Å². The molecule has 9 nitrogen and oxygen atoms in total. The molecule has 41 heavy (non-hydrogen) atoms. The number of benzene rings is 2. The number of aromatic nitrogens is 3. The lowest BCUT2D eigenvalue weighted by Gasteiger charge is -2.20. The molecule has 0 bridgehead atoms. The monoisotopic (exact) mass is 563 g/mol. The minimum Gasteiger partial charge on any atom is -0.494 e. The van der Waals surface area contributed by atoms with Crippen LogP contribution in [0.15, 0.2) is 66.5 Å². The predicted octanol–water partition coefficient (Wildman–Crippen LogP) is 6.59. The number of alkyl halides is 2. The van der Waals surface area contributed by atoms with Gasteiger partial charge in [0.2, 0.25) is 0 Å². The first kappa shape index (κ1) is 28.2. The van der Waals surface area contributed by atoms with E-state index < -0.39 is 6.61 Å². The number of ether oxygens (including phenoxy) is 2. The molecule has 5 rings (SSSR count). The van der Waals surface area contributed by atoms with E-state index in [9.17, 15) is 8.78 Å². The van der Waals surface area contributed by atoms with Gasteiger partial charge in [0.25, 0.3) is 0 Å². The molecule has 0 radical (unpaired) electrons. The maximum atomic E-state index is 12.7. The molecular weight excluding hydrogens is 528 g/mol. The Labute approximate surface area is 237 Å². The highest BCUT2D eigenvalue weighted by atomic mass is 19.3. The van der Waals surface area contributed by atoms with Crippen molar-refractivity contribution in [3.63, 3.8) is 0 Å². The van der Waals surface area contributed by atoms with Crippen LogP contribution in [-0.2, 0) is 6.54 Å². The summed E-state index contributed by atoms with van der Waals surface area (Å²) in [5.41, 5.74) is 11.2. The van der Waals surface area contributed by atoms with Crippen LogP contribution in [0.3, 0.4) is 0 Å². The zero-order valence-electron chi connectivity index (χ0n) is 23.2. The molecule has 5 N–H and O–H groups in total. The van der Waals surface area contributed by atoms with Crippen LogP contribution >= 0.6 is 0 Å². The van der Waals surface area contributed by atoms with Crippen molar-refractivity contribution in [2.45, 2.75) is 58.7 Å². The molecule has 0 spiro atoms. The van der Waals surface area contributed by atoms with Gasteiger partial charge in [0.1, 0.15) is 28.8 Å². The summed E-state index contributed by atoms with van der Waals surface area (Å²) in [6, 6.07) is 14.6. The summed E-state index contributed by atoms with van der Waals surface area (Å²) in [4.78, 5) is 4.92. The Bertz CT molecular complexity index is 1500. The van der Waals surface area contributed by atoms with Gasteiger partial charge >= 0.3 is 6.61 Å². The molecule has 0 atom stereocenters. The summed E-state index contributed by atoms with van der Waals surface area (Å²) in [6.45, 7) is 2.03. The smallest absolute Gasteiger partial charge is 0.387 e. The Balaban J connectivity index is 1.45. The first-order chi connectivity index (χ1) is 19.9. The first-order valence-electron chi connectivity index (χ1n) is 13.8. The minimum absolute atomic E-state index is 0.109. The third-order valence-corrected chi connectivity index (χ3v) is 7.00. The van der Waals surface area contributed by atoms with Crippen molar-refractivity contribution >= 4 is 28.7 Å². The van der Waals surface area contributed by atoms with Gasteiger partial charge in [-0.1, -0.05) is 17.7 Å². The Morgan fingerprint density at radius 1 is 1.12 bits per heavy atom. The van der Waals surface area contributed by atoms with Crippen LogP contribution in [0.5, 0.6) is 11.5 Å². The highest BCUT2D eigenvalue weighted by Gasteiger charge is 2.18. The van der Waals surface area contributed by atoms with Gasteiger partial charge in [0.05, 0.1) is 12.8 Å². The molecule has 0 saturated heterocycles. The maximum absolute atomic E-state index is 12.7. The summed E-state index contributed by atoms with van der Waals surface area (Å²) in [6.07, 6.45) is 7.61. The number of hydrogen-bond acceptors (Lipinski definition) is 8. The van der Waals surface area contributed by atoms with E-state index in [0.29, 0.717) is 30.3 Å². The second kappa shape index (κ2) is 12.9. The van der Waals surface area contributed by atoms with E-state index >= 15 is 0 Å². The summed E-state index contributed by atoms with van der Waals surface area (Å²) in [7, 11) is 0. The highest BCUT2D eigenvalue weighted by molar-refractivity contribution is 5.76. The zero-order valence-corrected chi connectivity index (χ0v) is 23.2. The SMILES string of the molecule is CCOc1ccc(Nc2c(C)c(NC=C3CCC(N)CC3)nc3c(NCc4cccc(OC(F)F)c4)cnn23)cc1. The number of hydrogen-bond donors (Lipinski definition) is 4.